The van der Waals surface area contributed by atoms with Gasteiger partial charge in [0.2, 0.25) is 0 Å². The first-order valence-electron chi connectivity index (χ1n) is 2.05. The van der Waals surface area contributed by atoms with Gasteiger partial charge < -0.3 is 5.84 Å². The average molecular weight is 97.1 g/mol. The summed E-state index contributed by atoms with van der Waals surface area (Å²) in [6, 6.07) is 0. The van der Waals surface area contributed by atoms with Crippen molar-refractivity contribution in [2.45, 2.75) is 6.92 Å². The molecule has 38 valence electrons. The first-order chi connectivity index (χ1) is 3.29. The van der Waals surface area contributed by atoms with Crippen molar-refractivity contribution in [3.05, 3.63) is 18.2 Å². The van der Waals surface area contributed by atoms with E-state index in [0.717, 1.165) is 5.69 Å². The number of hydrogen-bond donors (Lipinski definition) is 1. The predicted molar refractivity (Wildman–Crippen MR) is 27.1 cm³/mol. The van der Waals surface area contributed by atoms with Crippen molar-refractivity contribution in [1.82, 2.24) is 9.66 Å². The van der Waals surface area contributed by atoms with Crippen LogP contribution in [0.5, 0.6) is 0 Å². The normalized spacial score (nSPS) is 9.29. The highest BCUT2D eigenvalue weighted by molar-refractivity contribution is 4.91. The minimum absolute atomic E-state index is 0.947. The van der Waals surface area contributed by atoms with E-state index in [9.17, 15) is 0 Å². The Morgan fingerprint density at radius 2 is 2.57 bits per heavy atom. The topological polar surface area (TPSA) is 43.8 Å². The molecule has 0 spiro atoms. The van der Waals surface area contributed by atoms with Gasteiger partial charge in [0.25, 0.3) is 0 Å². The smallest absolute Gasteiger partial charge is 0.114 e. The summed E-state index contributed by atoms with van der Waals surface area (Å²) in [5, 5.41) is 0. The molecule has 2 N–H and O–H groups in total. The van der Waals surface area contributed by atoms with Crippen molar-refractivity contribution in [1.29, 1.82) is 0 Å². The van der Waals surface area contributed by atoms with Gasteiger partial charge in [-0.15, -0.1) is 0 Å². The molecule has 0 fully saturated rings. The maximum atomic E-state index is 5.23. The minimum atomic E-state index is 0.947. The number of nitrogen functional groups attached to an aromatic ring is 1. The van der Waals surface area contributed by atoms with E-state index in [-0.39, 0.29) is 0 Å². The van der Waals surface area contributed by atoms with Crippen molar-refractivity contribution in [3.63, 3.8) is 0 Å². The van der Waals surface area contributed by atoms with Gasteiger partial charge in [0.1, 0.15) is 6.33 Å². The van der Waals surface area contributed by atoms with E-state index in [2.05, 4.69) is 4.98 Å². The first-order valence-corrected chi connectivity index (χ1v) is 2.05. The second-order valence-electron chi connectivity index (χ2n) is 1.46. The molecule has 0 amide bonds. The Hall–Kier alpha value is -0.990. The van der Waals surface area contributed by atoms with Gasteiger partial charge >= 0.3 is 0 Å². The lowest BCUT2D eigenvalue weighted by Crippen LogP contribution is -2.02. The third-order valence-corrected chi connectivity index (χ3v) is 0.731. The van der Waals surface area contributed by atoms with Crippen LogP contribution >= 0.6 is 0 Å². The Bertz CT molecular complexity index is 139. The van der Waals surface area contributed by atoms with Crippen LogP contribution in [0.2, 0.25) is 0 Å². The Morgan fingerprint density at radius 3 is 2.71 bits per heavy atom. The second-order valence-corrected chi connectivity index (χ2v) is 1.46. The van der Waals surface area contributed by atoms with Crippen LogP contribution in [-0.2, 0) is 0 Å². The molecule has 0 atom stereocenters. The van der Waals surface area contributed by atoms with Crippen LogP contribution in [0, 0.1) is 6.92 Å². The number of aryl methyl sites for hydroxylation is 1. The summed E-state index contributed by atoms with van der Waals surface area (Å²) >= 11 is 0. The molecule has 0 aliphatic heterocycles. The lowest BCUT2D eigenvalue weighted by atomic mass is 10.6. The highest BCUT2D eigenvalue weighted by atomic mass is 15.3. The Morgan fingerprint density at radius 1 is 1.86 bits per heavy atom. The van der Waals surface area contributed by atoms with Crippen molar-refractivity contribution in [2.24, 2.45) is 0 Å². The zero-order valence-electron chi connectivity index (χ0n) is 4.13. The fraction of sp³-hybridized carbons (Fsp3) is 0.250. The quantitative estimate of drug-likeness (QED) is 0.459. The lowest BCUT2D eigenvalue weighted by molar-refractivity contribution is 1.000. The van der Waals surface area contributed by atoms with Gasteiger partial charge in [0, 0.05) is 6.20 Å². The summed E-state index contributed by atoms with van der Waals surface area (Å²) in [5.41, 5.74) is 0.947. The monoisotopic (exact) mass is 97.1 g/mol. The third kappa shape index (κ3) is 0.707. The van der Waals surface area contributed by atoms with Crippen LogP contribution in [0.25, 0.3) is 0 Å². The van der Waals surface area contributed by atoms with Gasteiger partial charge in [0.15, 0.2) is 0 Å². The molecule has 0 aliphatic rings. The zero-order chi connectivity index (χ0) is 5.28. The van der Waals surface area contributed by atoms with Crippen molar-refractivity contribution >= 4 is 0 Å². The van der Waals surface area contributed by atoms with E-state index in [1.807, 2.05) is 6.92 Å². The lowest BCUT2D eigenvalue weighted by Gasteiger charge is -1.80. The Labute approximate surface area is 41.7 Å². The number of hydrogen-bond acceptors (Lipinski definition) is 2. The van der Waals surface area contributed by atoms with E-state index < -0.39 is 0 Å². The van der Waals surface area contributed by atoms with E-state index in [0.29, 0.717) is 0 Å². The highest BCUT2D eigenvalue weighted by Crippen LogP contribution is 1.84. The molecule has 0 aliphatic carbocycles. The Balaban J connectivity index is 3.04. The number of nitrogens with zero attached hydrogens (tertiary/aromatic N) is 2. The van der Waals surface area contributed by atoms with E-state index >= 15 is 0 Å². The van der Waals surface area contributed by atoms with Crippen LogP contribution in [0.3, 0.4) is 0 Å². The van der Waals surface area contributed by atoms with Gasteiger partial charge in [0.05, 0.1) is 5.69 Å². The van der Waals surface area contributed by atoms with Gasteiger partial charge in [-0.05, 0) is 6.92 Å². The Kier molecular flexibility index (Phi) is 0.749. The summed E-state index contributed by atoms with van der Waals surface area (Å²) in [6.45, 7) is 1.89. The molecular formula is C4H7N3. The van der Waals surface area contributed by atoms with Crippen LogP contribution < -0.4 is 5.84 Å². The molecular weight excluding hydrogens is 90.1 g/mol. The van der Waals surface area contributed by atoms with Crippen LogP contribution in [0.1, 0.15) is 5.69 Å². The molecule has 0 radical (unpaired) electrons. The van der Waals surface area contributed by atoms with Gasteiger partial charge in [-0.2, -0.15) is 0 Å². The number of rotatable bonds is 0. The van der Waals surface area contributed by atoms with Gasteiger partial charge in [-0.25, -0.2) is 4.98 Å². The van der Waals surface area contributed by atoms with Gasteiger partial charge in [-0.1, -0.05) is 0 Å². The highest BCUT2D eigenvalue weighted by Gasteiger charge is 1.82. The molecule has 0 bridgehead atoms. The predicted octanol–water partition coefficient (Wildman–Crippen LogP) is -0.0947. The summed E-state index contributed by atoms with van der Waals surface area (Å²) in [6.07, 6.45) is 3.31. The molecule has 0 saturated heterocycles. The van der Waals surface area contributed by atoms with Crippen molar-refractivity contribution < 1.29 is 0 Å². The SMILES string of the molecule is Cc1cn(N)cn1. The van der Waals surface area contributed by atoms with E-state index in [4.69, 9.17) is 5.84 Å². The number of nitrogens with two attached hydrogens (primary N) is 1. The molecule has 1 heterocycles. The molecule has 0 saturated carbocycles. The molecule has 3 heteroatoms. The second kappa shape index (κ2) is 1.26. The molecule has 1 aromatic heterocycles. The molecule has 7 heavy (non-hydrogen) atoms. The zero-order valence-corrected chi connectivity index (χ0v) is 4.13. The van der Waals surface area contributed by atoms with Crippen LogP contribution in [-0.4, -0.2) is 9.66 Å². The van der Waals surface area contributed by atoms with Gasteiger partial charge in [-0.3, -0.25) is 4.68 Å². The first kappa shape index (κ1) is 4.18. The third-order valence-electron chi connectivity index (χ3n) is 0.731. The van der Waals surface area contributed by atoms with Crippen LogP contribution in [0.4, 0.5) is 0 Å². The van der Waals surface area contributed by atoms with E-state index in [1.54, 1.807) is 12.5 Å². The summed E-state index contributed by atoms with van der Waals surface area (Å²) in [7, 11) is 0. The molecule has 0 unspecified atom stereocenters. The fourth-order valence-electron chi connectivity index (χ4n) is 0.440. The molecule has 1 rings (SSSR count). The molecule has 0 aromatic carbocycles. The summed E-state index contributed by atoms with van der Waals surface area (Å²) in [5.74, 6) is 5.23. The fourth-order valence-corrected chi connectivity index (χ4v) is 0.440. The maximum Gasteiger partial charge on any atom is 0.114 e. The van der Waals surface area contributed by atoms with Crippen LogP contribution in [0.15, 0.2) is 12.5 Å². The summed E-state index contributed by atoms with van der Waals surface area (Å²) in [4.78, 5) is 3.85. The number of imidazole rings is 1. The summed E-state index contributed by atoms with van der Waals surface area (Å²) < 4.78 is 1.43. The average Bonchev–Trinajstić information content (AvgIpc) is 1.87. The maximum absolute atomic E-state index is 5.23. The minimum Gasteiger partial charge on any atom is -0.338 e. The molecule has 1 aromatic rings. The number of aromatic nitrogens is 2. The molecule has 3 nitrogen and oxygen atoms in total. The largest absolute Gasteiger partial charge is 0.338 e. The van der Waals surface area contributed by atoms with E-state index in [1.165, 1.54) is 4.68 Å². The standard InChI is InChI=1S/C4H7N3/c1-4-2-7(5)3-6-4/h2-3H,5H2,1H3. The van der Waals surface area contributed by atoms with Crippen molar-refractivity contribution in [2.75, 3.05) is 5.84 Å². The van der Waals surface area contributed by atoms with Crippen molar-refractivity contribution in [3.8, 4) is 0 Å².